The number of aryl methyl sites for hydroxylation is 2. The Labute approximate surface area is 171 Å². The van der Waals surface area contributed by atoms with Gasteiger partial charge in [0.1, 0.15) is 12.4 Å². The van der Waals surface area contributed by atoms with E-state index in [1.807, 2.05) is 5.92 Å². The third-order valence-corrected chi connectivity index (χ3v) is 4.46. The highest BCUT2D eigenvalue weighted by Gasteiger charge is 2.18. The summed E-state index contributed by atoms with van der Waals surface area (Å²) in [7, 11) is 0. The molecule has 0 bridgehead atoms. The molecule has 1 aromatic carbocycles. The Morgan fingerprint density at radius 2 is 2.03 bits per heavy atom. The second-order valence-electron chi connectivity index (χ2n) is 6.13. The van der Waals surface area contributed by atoms with Gasteiger partial charge in [0.15, 0.2) is 5.02 Å². The number of pyridine rings is 1. The number of halogens is 2. The molecule has 6 nitrogen and oxygen atoms in total. The zero-order chi connectivity index (χ0) is 21.1. The molecule has 0 saturated carbocycles. The van der Waals surface area contributed by atoms with E-state index in [1.165, 1.54) is 22.8 Å². The quantitative estimate of drug-likeness (QED) is 0.278. The molecule has 0 fully saturated rings. The summed E-state index contributed by atoms with van der Waals surface area (Å²) in [6.45, 7) is 3.26. The number of rotatable bonds is 5. The van der Waals surface area contributed by atoms with Crippen molar-refractivity contribution in [3.8, 4) is 23.9 Å². The van der Waals surface area contributed by atoms with Crippen LogP contribution >= 0.6 is 11.6 Å². The summed E-state index contributed by atoms with van der Waals surface area (Å²) >= 11 is 6.19. The van der Waals surface area contributed by atoms with Crippen LogP contribution in [0.4, 0.5) is 4.39 Å². The van der Waals surface area contributed by atoms with E-state index < -0.39 is 17.3 Å². The normalized spacial score (nSPS) is 10.4. The summed E-state index contributed by atoms with van der Waals surface area (Å²) in [4.78, 5) is 32.6. The van der Waals surface area contributed by atoms with Crippen molar-refractivity contribution in [2.24, 2.45) is 0 Å². The first-order valence-electron chi connectivity index (χ1n) is 8.47. The molecular weight excluding hydrogens is 397 g/mol. The second kappa shape index (κ2) is 8.25. The molecule has 0 aliphatic heterocycles. The minimum Gasteiger partial charge on any atom is -0.470 e. The number of terminal acetylenes is 1. The van der Waals surface area contributed by atoms with Crippen LogP contribution in [0.2, 0.25) is 5.02 Å². The first kappa shape index (κ1) is 20.2. The molecule has 0 radical (unpaired) electrons. The Morgan fingerprint density at radius 3 is 2.72 bits per heavy atom. The summed E-state index contributed by atoms with van der Waals surface area (Å²) in [5.41, 5.74) is 1.17. The van der Waals surface area contributed by atoms with Gasteiger partial charge in [0, 0.05) is 5.56 Å². The van der Waals surface area contributed by atoms with Gasteiger partial charge in [-0.1, -0.05) is 23.7 Å². The number of ketones is 1. The van der Waals surface area contributed by atoms with Crippen molar-refractivity contribution < 1.29 is 13.9 Å². The van der Waals surface area contributed by atoms with Gasteiger partial charge in [0.2, 0.25) is 17.6 Å². The number of nitrogens with zero attached hydrogens (tertiary/aromatic N) is 3. The van der Waals surface area contributed by atoms with Crippen LogP contribution in [0.1, 0.15) is 27.4 Å². The van der Waals surface area contributed by atoms with Crippen molar-refractivity contribution in [1.82, 2.24) is 14.5 Å². The number of hydrogen-bond donors (Lipinski definition) is 0. The van der Waals surface area contributed by atoms with E-state index in [0.717, 1.165) is 5.56 Å². The number of aromatic nitrogens is 3. The molecule has 29 heavy (non-hydrogen) atoms. The maximum atomic E-state index is 13.2. The van der Waals surface area contributed by atoms with Gasteiger partial charge in [-0.05, 0) is 49.6 Å². The fourth-order valence-corrected chi connectivity index (χ4v) is 2.89. The van der Waals surface area contributed by atoms with Crippen molar-refractivity contribution in [2.75, 3.05) is 0 Å². The van der Waals surface area contributed by atoms with E-state index >= 15 is 0 Å². The highest BCUT2D eigenvalue weighted by atomic mass is 35.5. The van der Waals surface area contributed by atoms with E-state index in [1.54, 1.807) is 32.0 Å². The van der Waals surface area contributed by atoms with E-state index in [4.69, 9.17) is 22.8 Å². The van der Waals surface area contributed by atoms with Gasteiger partial charge in [-0.3, -0.25) is 14.2 Å². The van der Waals surface area contributed by atoms with Gasteiger partial charge >= 0.3 is 0 Å². The van der Waals surface area contributed by atoms with Gasteiger partial charge in [-0.15, -0.1) is 6.42 Å². The average molecular weight is 412 g/mol. The predicted octanol–water partition coefficient (Wildman–Crippen LogP) is 3.43. The lowest BCUT2D eigenvalue weighted by molar-refractivity contribution is 0.105. The molecule has 2 aromatic heterocycles. The van der Waals surface area contributed by atoms with Crippen molar-refractivity contribution >= 4 is 17.4 Å². The topological polar surface area (TPSA) is 74.1 Å². The summed E-state index contributed by atoms with van der Waals surface area (Å²) in [5, 5.41) is -0.250. The van der Waals surface area contributed by atoms with Crippen LogP contribution in [0.3, 0.4) is 0 Å². The molecule has 0 N–H and O–H groups in total. The number of benzene rings is 1. The van der Waals surface area contributed by atoms with Gasteiger partial charge in [-0.2, -0.15) is 9.37 Å². The summed E-state index contributed by atoms with van der Waals surface area (Å²) in [6, 6.07) is 9.05. The zero-order valence-corrected chi connectivity index (χ0v) is 16.3. The van der Waals surface area contributed by atoms with Crippen molar-refractivity contribution in [3.63, 3.8) is 0 Å². The van der Waals surface area contributed by atoms with Crippen LogP contribution in [0.25, 0.3) is 5.69 Å². The smallest absolute Gasteiger partial charge is 0.280 e. The fourth-order valence-electron chi connectivity index (χ4n) is 2.71. The summed E-state index contributed by atoms with van der Waals surface area (Å²) in [5.74, 6) is 1.09. The molecule has 0 unspecified atom stereocenters. The SMILES string of the molecule is C#CC(=O)c1ccc(C)c(-n2c(C)nc(OCc3cccc(F)n3)c(Cl)c2=O)c1. The highest BCUT2D eigenvalue weighted by molar-refractivity contribution is 6.31. The van der Waals surface area contributed by atoms with Crippen molar-refractivity contribution in [2.45, 2.75) is 20.5 Å². The van der Waals surface area contributed by atoms with Crippen LogP contribution in [0.15, 0.2) is 41.2 Å². The molecule has 0 aliphatic carbocycles. The number of Topliss-reactive ketones (excluding diaryl/α,β-unsaturated/α-hetero) is 1. The standard InChI is InChI=1S/C21H15ClFN3O3/c1-4-17(27)14-9-8-12(2)16(10-14)26-13(3)24-20(19(22)21(26)28)29-11-15-6-5-7-18(23)25-15/h1,5-10H,11H2,2-3H3. The number of ether oxygens (including phenoxy) is 1. The first-order valence-corrected chi connectivity index (χ1v) is 8.85. The third kappa shape index (κ3) is 4.18. The molecule has 3 aromatic rings. The molecule has 146 valence electrons. The van der Waals surface area contributed by atoms with Crippen LogP contribution in [-0.4, -0.2) is 20.3 Å². The Morgan fingerprint density at radius 1 is 1.28 bits per heavy atom. The number of carbonyl (C=O) groups is 1. The molecular formula is C21H15ClFN3O3. The lowest BCUT2D eigenvalue weighted by Gasteiger charge is -2.15. The highest BCUT2D eigenvalue weighted by Crippen LogP contribution is 2.23. The molecule has 0 atom stereocenters. The molecule has 0 amide bonds. The van der Waals surface area contributed by atoms with E-state index in [2.05, 4.69) is 9.97 Å². The van der Waals surface area contributed by atoms with Crippen molar-refractivity contribution in [1.29, 1.82) is 0 Å². The second-order valence-corrected chi connectivity index (χ2v) is 6.51. The van der Waals surface area contributed by atoms with Gasteiger partial charge < -0.3 is 4.74 Å². The molecule has 8 heteroatoms. The van der Waals surface area contributed by atoms with E-state index in [0.29, 0.717) is 11.4 Å². The lowest BCUT2D eigenvalue weighted by Crippen LogP contribution is -2.24. The Bertz CT molecular complexity index is 1210. The Balaban J connectivity index is 2.01. The maximum absolute atomic E-state index is 13.2. The van der Waals surface area contributed by atoms with Crippen LogP contribution in [0, 0.1) is 32.1 Å². The first-order chi connectivity index (χ1) is 13.8. The monoisotopic (exact) mass is 411 g/mol. The molecule has 0 spiro atoms. The zero-order valence-electron chi connectivity index (χ0n) is 15.6. The minimum atomic E-state index is -0.645. The maximum Gasteiger partial charge on any atom is 0.280 e. The van der Waals surface area contributed by atoms with Crippen LogP contribution < -0.4 is 10.3 Å². The van der Waals surface area contributed by atoms with Gasteiger partial charge in [-0.25, -0.2) is 4.98 Å². The number of hydrogen-bond acceptors (Lipinski definition) is 5. The Kier molecular flexibility index (Phi) is 5.76. The largest absolute Gasteiger partial charge is 0.470 e. The van der Waals surface area contributed by atoms with Crippen LogP contribution in [0.5, 0.6) is 5.88 Å². The molecule has 0 saturated heterocycles. The predicted molar refractivity (Wildman–Crippen MR) is 106 cm³/mol. The van der Waals surface area contributed by atoms with Gasteiger partial charge in [0.25, 0.3) is 5.56 Å². The van der Waals surface area contributed by atoms with Gasteiger partial charge in [0.05, 0.1) is 11.4 Å². The lowest BCUT2D eigenvalue weighted by atomic mass is 10.1. The van der Waals surface area contributed by atoms with E-state index in [-0.39, 0.29) is 28.9 Å². The summed E-state index contributed by atoms with van der Waals surface area (Å²) in [6.07, 6.45) is 5.18. The average Bonchev–Trinajstić information content (AvgIpc) is 2.70. The molecule has 2 heterocycles. The number of carbonyl (C=O) groups excluding carboxylic acids is 1. The molecule has 3 rings (SSSR count). The van der Waals surface area contributed by atoms with Crippen molar-refractivity contribution in [3.05, 3.63) is 80.4 Å². The molecule has 0 aliphatic rings. The van der Waals surface area contributed by atoms with Crippen LogP contribution in [-0.2, 0) is 6.61 Å². The van der Waals surface area contributed by atoms with E-state index in [9.17, 15) is 14.0 Å². The fraction of sp³-hybridized carbons (Fsp3) is 0.143. The minimum absolute atomic E-state index is 0.0926. The summed E-state index contributed by atoms with van der Waals surface area (Å²) < 4.78 is 19.9. The Hall–Kier alpha value is -3.50. The third-order valence-electron chi connectivity index (χ3n) is 4.14.